The van der Waals surface area contributed by atoms with Gasteiger partial charge in [0, 0.05) is 0 Å². The van der Waals surface area contributed by atoms with E-state index in [0.29, 0.717) is 15.0 Å². The van der Waals surface area contributed by atoms with Crippen LogP contribution in [0.2, 0.25) is 5.32 Å². The summed E-state index contributed by atoms with van der Waals surface area (Å²) in [5.74, 6) is 0. The Morgan fingerprint density at radius 2 is 2.33 bits per heavy atom. The Bertz CT molecular complexity index is 194. The third kappa shape index (κ3) is 3.12. The van der Waals surface area contributed by atoms with Crippen LogP contribution in [-0.2, 0) is 0 Å². The maximum atomic E-state index is 4.57. The van der Waals surface area contributed by atoms with Gasteiger partial charge in [0.25, 0.3) is 0 Å². The number of aliphatic imine (C=N–C) groups is 1. The van der Waals surface area contributed by atoms with Crippen molar-refractivity contribution in [3.05, 3.63) is 11.6 Å². The summed E-state index contributed by atoms with van der Waals surface area (Å²) in [6.45, 7) is 5.44. The van der Waals surface area contributed by atoms with Crippen molar-refractivity contribution >= 4 is 19.6 Å². The monoisotopic (exact) mass is 231 g/mol. The molecule has 0 radical (unpaired) electrons. The average molecular weight is 230 g/mol. The molecule has 0 fully saturated rings. The van der Waals surface area contributed by atoms with E-state index < -0.39 is 0 Å². The molecule has 0 amide bonds. The van der Waals surface area contributed by atoms with Crippen LogP contribution in [-0.4, -0.2) is 26.1 Å². The third-order valence-corrected chi connectivity index (χ3v) is 3.94. The minimum atomic E-state index is 0.674. The van der Waals surface area contributed by atoms with Gasteiger partial charge in [-0.2, -0.15) is 0 Å². The molecule has 1 aliphatic rings. The van der Waals surface area contributed by atoms with Gasteiger partial charge >= 0.3 is 81.2 Å². The topological polar surface area (TPSA) is 12.4 Å². The number of nitrogens with zero attached hydrogens (tertiary/aromatic N) is 1. The normalized spacial score (nSPS) is 21.2. The molecule has 0 saturated heterocycles. The average Bonchev–Trinajstić information content (AvgIpc) is 2.15. The van der Waals surface area contributed by atoms with Crippen molar-refractivity contribution in [1.82, 2.24) is 0 Å². The Kier molecular flexibility index (Phi) is 4.63. The Balaban J connectivity index is 2.54. The molecular weight excluding hydrogens is 213 g/mol. The Morgan fingerprint density at radius 3 is 3.00 bits per heavy atom. The Labute approximate surface area is 81.5 Å². The van der Waals surface area contributed by atoms with E-state index in [0.717, 1.165) is 6.54 Å². The van der Waals surface area contributed by atoms with Gasteiger partial charge in [0.2, 0.25) is 0 Å². The van der Waals surface area contributed by atoms with Crippen molar-refractivity contribution in [2.45, 2.75) is 38.4 Å². The van der Waals surface area contributed by atoms with Gasteiger partial charge in [-0.05, 0) is 0 Å². The van der Waals surface area contributed by atoms with Crippen LogP contribution >= 0.6 is 0 Å². The molecule has 2 heteroatoms. The molecule has 1 heterocycles. The molecule has 0 aliphatic carbocycles. The van der Waals surface area contributed by atoms with Crippen LogP contribution in [0, 0.1) is 0 Å². The molecule has 0 atom stereocenters. The predicted molar refractivity (Wildman–Crippen MR) is 56.1 cm³/mol. The molecule has 12 heavy (non-hydrogen) atoms. The molecule has 1 nitrogen and oxygen atoms in total. The zero-order valence-corrected chi connectivity index (χ0v) is 9.68. The summed E-state index contributed by atoms with van der Waals surface area (Å²) in [6.07, 6.45) is 6.04. The SMILES string of the molecule is CCCN=C1C=C(CC)CC[Se]1. The van der Waals surface area contributed by atoms with Crippen molar-refractivity contribution in [3.63, 3.8) is 0 Å². The van der Waals surface area contributed by atoms with Crippen molar-refractivity contribution < 1.29 is 0 Å². The first-order chi connectivity index (χ1) is 5.86. The molecule has 1 aliphatic heterocycles. The Hall–Kier alpha value is -0.0705. The molecule has 0 aromatic carbocycles. The summed E-state index contributed by atoms with van der Waals surface area (Å²) in [7, 11) is 0. The van der Waals surface area contributed by atoms with E-state index >= 15 is 0 Å². The van der Waals surface area contributed by atoms with Crippen molar-refractivity contribution in [2.75, 3.05) is 6.54 Å². The zero-order chi connectivity index (χ0) is 8.81. The van der Waals surface area contributed by atoms with Crippen LogP contribution in [0.4, 0.5) is 0 Å². The van der Waals surface area contributed by atoms with Crippen molar-refractivity contribution in [1.29, 1.82) is 0 Å². The van der Waals surface area contributed by atoms with Crippen molar-refractivity contribution in [3.8, 4) is 0 Å². The summed E-state index contributed by atoms with van der Waals surface area (Å²) >= 11 is 0.674. The molecule has 0 bridgehead atoms. The van der Waals surface area contributed by atoms with Gasteiger partial charge in [-0.15, -0.1) is 0 Å². The second-order valence-corrected chi connectivity index (χ2v) is 5.31. The van der Waals surface area contributed by atoms with E-state index in [1.807, 2.05) is 0 Å². The van der Waals surface area contributed by atoms with E-state index in [1.165, 1.54) is 29.2 Å². The second kappa shape index (κ2) is 5.55. The first kappa shape index (κ1) is 10.0. The van der Waals surface area contributed by atoms with Crippen LogP contribution in [0.15, 0.2) is 16.6 Å². The molecule has 0 aromatic heterocycles. The van der Waals surface area contributed by atoms with Crippen LogP contribution < -0.4 is 0 Å². The predicted octanol–water partition coefficient (Wildman–Crippen LogP) is 2.66. The summed E-state index contributed by atoms with van der Waals surface area (Å²) in [6, 6.07) is 0. The minimum absolute atomic E-state index is 0.674. The number of hydrogen-bond acceptors (Lipinski definition) is 1. The quantitative estimate of drug-likeness (QED) is 0.661. The number of hydrogen-bond donors (Lipinski definition) is 0. The van der Waals surface area contributed by atoms with Gasteiger partial charge in [-0.3, -0.25) is 0 Å². The van der Waals surface area contributed by atoms with Crippen LogP contribution in [0.1, 0.15) is 33.1 Å². The summed E-state index contributed by atoms with van der Waals surface area (Å²) < 4.78 is 1.40. The van der Waals surface area contributed by atoms with Gasteiger partial charge in [0.1, 0.15) is 0 Å². The van der Waals surface area contributed by atoms with Crippen molar-refractivity contribution in [2.24, 2.45) is 4.99 Å². The van der Waals surface area contributed by atoms with E-state index in [2.05, 4.69) is 24.9 Å². The molecule has 0 N–H and O–H groups in total. The van der Waals surface area contributed by atoms with E-state index in [9.17, 15) is 0 Å². The first-order valence-corrected chi connectivity index (χ1v) is 6.80. The first-order valence-electron chi connectivity index (χ1n) is 4.73. The molecule has 0 aromatic rings. The van der Waals surface area contributed by atoms with Gasteiger partial charge in [-0.25, -0.2) is 0 Å². The standard InChI is InChI=1S/C10H17NSe/c1-3-6-11-10-8-9(4-2)5-7-12-10/h8H,3-7H2,1-2H3. The molecule has 1 rings (SSSR count). The molecule has 68 valence electrons. The van der Waals surface area contributed by atoms with Gasteiger partial charge in [0.05, 0.1) is 0 Å². The summed E-state index contributed by atoms with van der Waals surface area (Å²) in [5.41, 5.74) is 1.60. The molecular formula is C10H17NSe. The number of rotatable bonds is 3. The van der Waals surface area contributed by atoms with Gasteiger partial charge in [-0.1, -0.05) is 0 Å². The number of allylic oxidation sites excluding steroid dienone is 2. The fraction of sp³-hybridized carbons (Fsp3) is 0.700. The van der Waals surface area contributed by atoms with E-state index in [-0.39, 0.29) is 0 Å². The summed E-state index contributed by atoms with van der Waals surface area (Å²) in [4.78, 5) is 4.57. The third-order valence-electron chi connectivity index (χ3n) is 1.95. The van der Waals surface area contributed by atoms with E-state index in [4.69, 9.17) is 0 Å². The fourth-order valence-corrected chi connectivity index (χ4v) is 3.28. The Morgan fingerprint density at radius 1 is 1.50 bits per heavy atom. The van der Waals surface area contributed by atoms with E-state index in [1.54, 1.807) is 5.57 Å². The van der Waals surface area contributed by atoms with Crippen LogP contribution in [0.5, 0.6) is 0 Å². The fourth-order valence-electron chi connectivity index (χ4n) is 1.17. The van der Waals surface area contributed by atoms with Gasteiger partial charge < -0.3 is 0 Å². The second-order valence-electron chi connectivity index (χ2n) is 2.97. The summed E-state index contributed by atoms with van der Waals surface area (Å²) in [5, 5.41) is 1.37. The molecule has 0 spiro atoms. The van der Waals surface area contributed by atoms with Crippen LogP contribution in [0.3, 0.4) is 0 Å². The van der Waals surface area contributed by atoms with Gasteiger partial charge in [0.15, 0.2) is 0 Å². The van der Waals surface area contributed by atoms with Crippen LogP contribution in [0.25, 0.3) is 0 Å². The maximum absolute atomic E-state index is 4.57. The zero-order valence-electron chi connectivity index (χ0n) is 7.97. The molecule has 0 saturated carbocycles. The molecule has 0 unspecified atom stereocenters.